The molecule has 7 nitrogen and oxygen atoms in total. The van der Waals surface area contributed by atoms with Crippen LogP contribution in [-0.4, -0.2) is 45.5 Å². The van der Waals surface area contributed by atoms with E-state index < -0.39 is 17.6 Å². The summed E-state index contributed by atoms with van der Waals surface area (Å²) in [4.78, 5) is 21.6. The summed E-state index contributed by atoms with van der Waals surface area (Å²) in [5.74, 6) is 0.109. The van der Waals surface area contributed by atoms with Gasteiger partial charge in [-0.15, -0.1) is 0 Å². The summed E-state index contributed by atoms with van der Waals surface area (Å²) in [5, 5.41) is 19.0. The lowest BCUT2D eigenvalue weighted by atomic mass is 9.76. The maximum atomic E-state index is 13.7. The predicted molar refractivity (Wildman–Crippen MR) is 119 cm³/mol. The van der Waals surface area contributed by atoms with Crippen LogP contribution in [0.15, 0.2) is 40.0 Å². The molecular formula is C25H31N3O4. The van der Waals surface area contributed by atoms with Crippen LogP contribution in [0.2, 0.25) is 0 Å². The Bertz CT molecular complexity index is 1050. The normalized spacial score (nSPS) is 28.0. The van der Waals surface area contributed by atoms with E-state index in [1.165, 1.54) is 11.1 Å². The molecule has 0 saturated carbocycles. The molecule has 1 saturated heterocycles. The second-order valence-corrected chi connectivity index (χ2v) is 9.84. The number of aromatic nitrogens is 1. The van der Waals surface area contributed by atoms with Gasteiger partial charge in [-0.3, -0.25) is 4.79 Å². The number of aryl methyl sites for hydroxylation is 2. The summed E-state index contributed by atoms with van der Waals surface area (Å²) >= 11 is 0. The molecule has 0 radical (unpaired) electrons. The number of carbonyl (C=O) groups excluding carboxylic acids is 1. The van der Waals surface area contributed by atoms with Gasteiger partial charge in [0.05, 0.1) is 23.6 Å². The minimum Gasteiger partial charge on any atom is -0.391 e. The Morgan fingerprint density at radius 2 is 2.12 bits per heavy atom. The fourth-order valence-electron chi connectivity index (χ4n) is 5.66. The van der Waals surface area contributed by atoms with Gasteiger partial charge >= 0.3 is 0 Å². The first-order valence-electron chi connectivity index (χ1n) is 11.6. The minimum atomic E-state index is -0.578. The van der Waals surface area contributed by atoms with Gasteiger partial charge in [0.1, 0.15) is 11.7 Å². The van der Waals surface area contributed by atoms with Crippen molar-refractivity contribution in [2.24, 2.45) is 11.1 Å². The van der Waals surface area contributed by atoms with Crippen LogP contribution in [0.1, 0.15) is 68.0 Å². The van der Waals surface area contributed by atoms with E-state index in [4.69, 9.17) is 9.36 Å². The van der Waals surface area contributed by atoms with Crippen LogP contribution in [0.3, 0.4) is 0 Å². The second-order valence-electron chi connectivity index (χ2n) is 9.84. The quantitative estimate of drug-likeness (QED) is 0.788. The highest BCUT2D eigenvalue weighted by atomic mass is 16.7. The molecule has 3 aliphatic rings. The van der Waals surface area contributed by atoms with Crippen LogP contribution in [-0.2, 0) is 21.7 Å². The molecule has 0 unspecified atom stereocenters. The maximum absolute atomic E-state index is 13.7. The summed E-state index contributed by atoms with van der Waals surface area (Å²) in [5.41, 5.74) is 3.67. The van der Waals surface area contributed by atoms with Crippen molar-refractivity contribution >= 4 is 11.6 Å². The number of carbonyl (C=O) groups is 1. The molecule has 5 rings (SSSR count). The Hall–Kier alpha value is -2.67. The molecular weight excluding hydrogens is 406 g/mol. The van der Waals surface area contributed by atoms with Gasteiger partial charge in [-0.25, -0.2) is 0 Å². The first-order valence-corrected chi connectivity index (χ1v) is 11.6. The van der Waals surface area contributed by atoms with Crippen LogP contribution in [0.4, 0.5) is 0 Å². The summed E-state index contributed by atoms with van der Waals surface area (Å²) < 4.78 is 5.47. The summed E-state index contributed by atoms with van der Waals surface area (Å²) in [7, 11) is 0. The molecule has 1 aromatic carbocycles. The number of oxime groups is 1. The average Bonchev–Trinajstić information content (AvgIpc) is 3.48. The van der Waals surface area contributed by atoms with Gasteiger partial charge in [-0.2, -0.15) is 0 Å². The third-order valence-corrected chi connectivity index (χ3v) is 7.17. The van der Waals surface area contributed by atoms with Gasteiger partial charge in [0.2, 0.25) is 5.91 Å². The van der Waals surface area contributed by atoms with Crippen molar-refractivity contribution in [3.8, 4) is 0 Å². The molecule has 1 fully saturated rings. The van der Waals surface area contributed by atoms with E-state index in [1.807, 2.05) is 26.8 Å². The van der Waals surface area contributed by atoms with Crippen LogP contribution in [0.5, 0.6) is 0 Å². The molecule has 0 bridgehead atoms. The van der Waals surface area contributed by atoms with Crippen molar-refractivity contribution in [1.82, 2.24) is 10.1 Å². The fraction of sp³-hybridized carbons (Fsp3) is 0.560. The minimum absolute atomic E-state index is 0.0339. The lowest BCUT2D eigenvalue weighted by Crippen LogP contribution is -2.44. The Balaban J connectivity index is 1.41. The Labute approximate surface area is 188 Å². The SMILES string of the molecule is Cc1cc([C@H](C(=O)N2C[C@H](O)C[C@H]2C2=NO[C@]3(CCCc4ccccc43)C2)C(C)C)on1. The number of fused-ring (bicyclic) bond motifs is 2. The zero-order valence-corrected chi connectivity index (χ0v) is 19.0. The van der Waals surface area contributed by atoms with E-state index in [9.17, 15) is 9.90 Å². The zero-order valence-electron chi connectivity index (χ0n) is 19.0. The number of rotatable bonds is 4. The molecule has 1 aliphatic carbocycles. The van der Waals surface area contributed by atoms with Gasteiger partial charge < -0.3 is 19.4 Å². The molecule has 1 spiro atoms. The van der Waals surface area contributed by atoms with Crippen LogP contribution in [0, 0.1) is 12.8 Å². The lowest BCUT2D eigenvalue weighted by molar-refractivity contribution is -0.134. The zero-order chi connectivity index (χ0) is 22.5. The molecule has 32 heavy (non-hydrogen) atoms. The van der Waals surface area contributed by atoms with Crippen LogP contribution < -0.4 is 0 Å². The first kappa shape index (κ1) is 21.2. The standard InChI is InChI=1S/C25H31N3O4/c1-15(2)23(22-11-16(3)26-31-22)24(30)28-14-18(29)12-21(28)20-13-25(32-27-20)10-6-8-17-7-4-5-9-19(17)25/h4-5,7,9,11,15,18,21,23,29H,6,8,10,12-14H2,1-3H3/t18-,21+,23-,25-/m1/s1. The number of aliphatic hydroxyl groups excluding tert-OH is 1. The van der Waals surface area contributed by atoms with Crippen molar-refractivity contribution in [2.45, 2.75) is 76.5 Å². The van der Waals surface area contributed by atoms with E-state index in [-0.39, 0.29) is 17.9 Å². The summed E-state index contributed by atoms with van der Waals surface area (Å²) in [6.07, 6.45) is 3.56. The van der Waals surface area contributed by atoms with E-state index >= 15 is 0 Å². The van der Waals surface area contributed by atoms with E-state index in [0.717, 1.165) is 30.7 Å². The van der Waals surface area contributed by atoms with Crippen molar-refractivity contribution in [3.05, 3.63) is 52.9 Å². The largest absolute Gasteiger partial charge is 0.391 e. The fourth-order valence-corrected chi connectivity index (χ4v) is 5.66. The third kappa shape index (κ3) is 3.52. The van der Waals surface area contributed by atoms with Gasteiger partial charge in [0, 0.05) is 31.0 Å². The average molecular weight is 438 g/mol. The molecule has 2 aliphatic heterocycles. The predicted octanol–water partition coefficient (Wildman–Crippen LogP) is 3.69. The number of amides is 1. The molecule has 7 heteroatoms. The molecule has 1 amide bonds. The summed E-state index contributed by atoms with van der Waals surface area (Å²) in [6, 6.07) is 9.99. The number of β-amino-alcohol motifs (C(OH)–C–C–N with tert-alkyl or cyclic N) is 1. The second kappa shape index (κ2) is 8.03. The van der Waals surface area contributed by atoms with Gasteiger partial charge in [-0.1, -0.05) is 48.4 Å². The van der Waals surface area contributed by atoms with Gasteiger partial charge in [0.15, 0.2) is 5.60 Å². The van der Waals surface area contributed by atoms with Crippen LogP contribution in [0.25, 0.3) is 0 Å². The van der Waals surface area contributed by atoms with E-state index in [1.54, 1.807) is 4.90 Å². The number of likely N-dealkylation sites (tertiary alicyclic amines) is 1. The number of aliphatic hydroxyl groups is 1. The maximum Gasteiger partial charge on any atom is 0.234 e. The van der Waals surface area contributed by atoms with Crippen LogP contribution >= 0.6 is 0 Å². The number of nitrogens with zero attached hydrogens (tertiary/aromatic N) is 3. The molecule has 4 atom stereocenters. The summed E-state index contributed by atoms with van der Waals surface area (Å²) in [6.45, 7) is 6.16. The molecule has 170 valence electrons. The lowest BCUT2D eigenvalue weighted by Gasteiger charge is -2.34. The van der Waals surface area contributed by atoms with E-state index in [0.29, 0.717) is 25.1 Å². The van der Waals surface area contributed by atoms with Crippen molar-refractivity contribution < 1.29 is 19.3 Å². The number of benzene rings is 1. The van der Waals surface area contributed by atoms with Crippen molar-refractivity contribution in [1.29, 1.82) is 0 Å². The first-order chi connectivity index (χ1) is 15.4. The highest BCUT2D eigenvalue weighted by Crippen LogP contribution is 2.46. The Morgan fingerprint density at radius 3 is 2.88 bits per heavy atom. The number of hydrogen-bond acceptors (Lipinski definition) is 6. The third-order valence-electron chi connectivity index (χ3n) is 7.17. The van der Waals surface area contributed by atoms with Crippen molar-refractivity contribution in [2.75, 3.05) is 6.54 Å². The Morgan fingerprint density at radius 1 is 1.31 bits per heavy atom. The van der Waals surface area contributed by atoms with Gasteiger partial charge in [0.25, 0.3) is 0 Å². The number of hydrogen-bond donors (Lipinski definition) is 1. The molecule has 2 aromatic rings. The van der Waals surface area contributed by atoms with E-state index in [2.05, 4.69) is 34.6 Å². The molecule has 1 aromatic heterocycles. The van der Waals surface area contributed by atoms with Gasteiger partial charge in [-0.05, 0) is 37.7 Å². The smallest absolute Gasteiger partial charge is 0.234 e. The molecule has 3 heterocycles. The highest BCUT2D eigenvalue weighted by Gasteiger charge is 2.49. The van der Waals surface area contributed by atoms with Crippen molar-refractivity contribution in [3.63, 3.8) is 0 Å². The monoisotopic (exact) mass is 437 g/mol. The Kier molecular flexibility index (Phi) is 5.32. The molecule has 1 N–H and O–H groups in total. The highest BCUT2D eigenvalue weighted by molar-refractivity contribution is 5.96. The topological polar surface area (TPSA) is 88.2 Å².